The maximum atomic E-state index is 12.4. The summed E-state index contributed by atoms with van der Waals surface area (Å²) in [6, 6.07) is 10.9. The van der Waals surface area contributed by atoms with E-state index in [1.807, 2.05) is 20.8 Å². The molecule has 0 fully saturated rings. The lowest BCUT2D eigenvalue weighted by atomic mass is 9.95. The standard InChI is InChI=1S/C20H22N2O4/c1-12-11-13(9-10-15(12)22-19(26)20(2,3)4)17(23)21-16-8-6-5-7-14(16)18(24)25/h5-11H,1-4H3,(H,21,23)(H,22,26)(H,24,25)/p-1. The molecule has 0 aliphatic carbocycles. The third-order valence-corrected chi connectivity index (χ3v) is 3.81. The molecule has 2 aromatic carbocycles. The summed E-state index contributed by atoms with van der Waals surface area (Å²) in [5.41, 5.74) is 1.24. The van der Waals surface area contributed by atoms with Crippen LogP contribution >= 0.6 is 0 Å². The summed E-state index contributed by atoms with van der Waals surface area (Å²) in [6.45, 7) is 7.22. The van der Waals surface area contributed by atoms with Crippen LogP contribution in [0.5, 0.6) is 0 Å². The number of para-hydroxylation sites is 1. The zero-order chi connectivity index (χ0) is 19.5. The van der Waals surface area contributed by atoms with Crippen LogP contribution in [0.4, 0.5) is 11.4 Å². The van der Waals surface area contributed by atoms with Crippen LogP contribution in [0.1, 0.15) is 47.1 Å². The summed E-state index contributed by atoms with van der Waals surface area (Å²) in [5, 5.41) is 16.5. The van der Waals surface area contributed by atoms with Crippen molar-refractivity contribution < 1.29 is 19.5 Å². The van der Waals surface area contributed by atoms with Crippen molar-refractivity contribution in [3.63, 3.8) is 0 Å². The SMILES string of the molecule is Cc1cc(C(=O)Nc2ccccc2C(=O)[O-])ccc1NC(=O)C(C)(C)C. The summed E-state index contributed by atoms with van der Waals surface area (Å²) >= 11 is 0. The van der Waals surface area contributed by atoms with Crippen molar-refractivity contribution in [2.24, 2.45) is 5.41 Å². The highest BCUT2D eigenvalue weighted by atomic mass is 16.4. The van der Waals surface area contributed by atoms with Crippen molar-refractivity contribution in [3.05, 3.63) is 59.2 Å². The number of hydrogen-bond acceptors (Lipinski definition) is 4. The molecule has 2 amide bonds. The fourth-order valence-electron chi connectivity index (χ4n) is 2.22. The van der Waals surface area contributed by atoms with Gasteiger partial charge in [-0.2, -0.15) is 0 Å². The first-order valence-corrected chi connectivity index (χ1v) is 8.13. The zero-order valence-corrected chi connectivity index (χ0v) is 15.2. The van der Waals surface area contributed by atoms with E-state index in [-0.39, 0.29) is 17.2 Å². The van der Waals surface area contributed by atoms with E-state index in [1.165, 1.54) is 12.1 Å². The average Bonchev–Trinajstić information content (AvgIpc) is 2.55. The van der Waals surface area contributed by atoms with E-state index in [1.54, 1.807) is 37.3 Å². The Morgan fingerprint density at radius 1 is 0.923 bits per heavy atom. The quantitative estimate of drug-likeness (QED) is 0.882. The van der Waals surface area contributed by atoms with Crippen molar-refractivity contribution in [2.45, 2.75) is 27.7 Å². The molecule has 0 aliphatic heterocycles. The van der Waals surface area contributed by atoms with Crippen molar-refractivity contribution in [1.29, 1.82) is 0 Å². The minimum Gasteiger partial charge on any atom is -0.545 e. The highest BCUT2D eigenvalue weighted by molar-refractivity contribution is 6.08. The number of aryl methyl sites for hydroxylation is 1. The first-order chi connectivity index (χ1) is 12.1. The van der Waals surface area contributed by atoms with E-state index >= 15 is 0 Å². The number of nitrogens with one attached hydrogen (secondary N) is 2. The second-order valence-electron chi connectivity index (χ2n) is 7.02. The van der Waals surface area contributed by atoms with Crippen LogP contribution in [-0.2, 0) is 4.79 Å². The topological polar surface area (TPSA) is 98.3 Å². The van der Waals surface area contributed by atoms with E-state index < -0.39 is 17.3 Å². The summed E-state index contributed by atoms with van der Waals surface area (Å²) in [5.74, 6) is -1.94. The highest BCUT2D eigenvalue weighted by Gasteiger charge is 2.22. The predicted molar refractivity (Wildman–Crippen MR) is 98.0 cm³/mol. The number of aromatic carboxylic acids is 1. The van der Waals surface area contributed by atoms with Gasteiger partial charge in [-0.15, -0.1) is 0 Å². The van der Waals surface area contributed by atoms with Gasteiger partial charge in [0, 0.05) is 22.2 Å². The molecule has 2 aromatic rings. The van der Waals surface area contributed by atoms with E-state index in [0.29, 0.717) is 11.3 Å². The molecule has 0 radical (unpaired) electrons. The monoisotopic (exact) mass is 353 g/mol. The van der Waals surface area contributed by atoms with Gasteiger partial charge in [0.05, 0.1) is 11.7 Å². The number of carbonyl (C=O) groups is 3. The van der Waals surface area contributed by atoms with Crippen LogP contribution < -0.4 is 15.7 Å². The summed E-state index contributed by atoms with van der Waals surface area (Å²) in [7, 11) is 0. The van der Waals surface area contributed by atoms with Crippen LogP contribution in [-0.4, -0.2) is 17.8 Å². The fraction of sp³-hybridized carbons (Fsp3) is 0.250. The Bertz CT molecular complexity index is 866. The Morgan fingerprint density at radius 2 is 1.58 bits per heavy atom. The fourth-order valence-corrected chi connectivity index (χ4v) is 2.22. The normalized spacial score (nSPS) is 10.9. The maximum absolute atomic E-state index is 12.4. The third kappa shape index (κ3) is 4.47. The van der Waals surface area contributed by atoms with Gasteiger partial charge in [-0.1, -0.05) is 39.0 Å². The molecule has 0 atom stereocenters. The first-order valence-electron chi connectivity index (χ1n) is 8.13. The number of carboxylic acid groups (broad SMARTS) is 1. The Labute approximate surface area is 152 Å². The molecule has 6 nitrogen and oxygen atoms in total. The lowest BCUT2D eigenvalue weighted by Gasteiger charge is -2.19. The van der Waals surface area contributed by atoms with Crippen LogP contribution in [0.15, 0.2) is 42.5 Å². The minimum atomic E-state index is -1.36. The molecule has 26 heavy (non-hydrogen) atoms. The zero-order valence-electron chi connectivity index (χ0n) is 15.2. The average molecular weight is 353 g/mol. The van der Waals surface area contributed by atoms with Crippen molar-refractivity contribution in [2.75, 3.05) is 10.6 Å². The number of rotatable bonds is 4. The van der Waals surface area contributed by atoms with Crippen LogP contribution in [0.25, 0.3) is 0 Å². The summed E-state index contributed by atoms with van der Waals surface area (Å²) in [4.78, 5) is 35.6. The molecule has 0 saturated carbocycles. The number of anilines is 2. The van der Waals surface area contributed by atoms with Crippen LogP contribution in [0.3, 0.4) is 0 Å². The second kappa shape index (κ2) is 7.39. The van der Waals surface area contributed by atoms with Gasteiger partial charge in [0.15, 0.2) is 0 Å². The molecule has 0 bridgehead atoms. The molecule has 0 unspecified atom stereocenters. The minimum absolute atomic E-state index is 0.0911. The molecule has 2 N–H and O–H groups in total. The number of benzene rings is 2. The number of amides is 2. The Morgan fingerprint density at radius 3 is 2.15 bits per heavy atom. The van der Waals surface area contributed by atoms with E-state index in [2.05, 4.69) is 10.6 Å². The van der Waals surface area contributed by atoms with Gasteiger partial charge < -0.3 is 20.5 Å². The molecular weight excluding hydrogens is 332 g/mol. The van der Waals surface area contributed by atoms with E-state index in [0.717, 1.165) is 5.56 Å². The lowest BCUT2D eigenvalue weighted by molar-refractivity contribution is -0.254. The molecular formula is C20H21N2O4-. The second-order valence-corrected chi connectivity index (χ2v) is 7.02. The Kier molecular flexibility index (Phi) is 5.45. The molecule has 0 saturated heterocycles. The van der Waals surface area contributed by atoms with Gasteiger partial charge in [-0.25, -0.2) is 0 Å². The summed E-state index contributed by atoms with van der Waals surface area (Å²) in [6.07, 6.45) is 0. The van der Waals surface area contributed by atoms with Crippen LogP contribution in [0, 0.1) is 12.3 Å². The number of carbonyl (C=O) groups excluding carboxylic acids is 3. The van der Waals surface area contributed by atoms with Gasteiger partial charge in [0.1, 0.15) is 0 Å². The number of carboxylic acids is 1. The number of hydrogen-bond donors (Lipinski definition) is 2. The first kappa shape index (κ1) is 19.2. The molecule has 0 aliphatic rings. The van der Waals surface area contributed by atoms with E-state index in [4.69, 9.17) is 0 Å². The van der Waals surface area contributed by atoms with Crippen molar-refractivity contribution in [1.82, 2.24) is 0 Å². The molecule has 6 heteroatoms. The Hall–Kier alpha value is -3.15. The molecule has 2 rings (SSSR count). The van der Waals surface area contributed by atoms with Gasteiger partial charge in [-0.3, -0.25) is 9.59 Å². The molecule has 0 heterocycles. The third-order valence-electron chi connectivity index (χ3n) is 3.81. The smallest absolute Gasteiger partial charge is 0.255 e. The van der Waals surface area contributed by atoms with Gasteiger partial charge >= 0.3 is 0 Å². The van der Waals surface area contributed by atoms with Crippen molar-refractivity contribution in [3.8, 4) is 0 Å². The van der Waals surface area contributed by atoms with Gasteiger partial charge in [-0.05, 0) is 36.8 Å². The molecule has 0 spiro atoms. The van der Waals surface area contributed by atoms with Crippen molar-refractivity contribution >= 4 is 29.2 Å². The van der Waals surface area contributed by atoms with Crippen LogP contribution in [0.2, 0.25) is 0 Å². The van der Waals surface area contributed by atoms with Gasteiger partial charge in [0.25, 0.3) is 5.91 Å². The van der Waals surface area contributed by atoms with E-state index in [9.17, 15) is 19.5 Å². The molecule has 136 valence electrons. The molecule has 0 aromatic heterocycles. The Balaban J connectivity index is 2.20. The largest absolute Gasteiger partial charge is 0.545 e. The lowest BCUT2D eigenvalue weighted by Crippen LogP contribution is -2.28. The highest BCUT2D eigenvalue weighted by Crippen LogP contribution is 2.22. The summed E-state index contributed by atoms with van der Waals surface area (Å²) < 4.78 is 0. The maximum Gasteiger partial charge on any atom is 0.255 e. The predicted octanol–water partition coefficient (Wildman–Crippen LogP) is 2.60. The van der Waals surface area contributed by atoms with Gasteiger partial charge in [0.2, 0.25) is 5.91 Å².